The maximum Gasteiger partial charge on any atom is 0.251 e. The Kier molecular flexibility index (Phi) is 5.45. The molecule has 2 aromatic carbocycles. The highest BCUT2D eigenvalue weighted by Gasteiger charge is 2.29. The quantitative estimate of drug-likeness (QED) is 0.455. The lowest BCUT2D eigenvalue weighted by Crippen LogP contribution is -2.26. The van der Waals surface area contributed by atoms with Crippen LogP contribution in [-0.2, 0) is 4.79 Å². The number of hydrogen-bond donors (Lipinski definition) is 0. The molecule has 0 saturated carbocycles. The molecule has 0 radical (unpaired) electrons. The number of anilines is 1. The number of para-hydroxylation sites is 1. The summed E-state index contributed by atoms with van der Waals surface area (Å²) in [5, 5.41) is 8.76. The second kappa shape index (κ2) is 8.58. The van der Waals surface area contributed by atoms with Crippen molar-refractivity contribution in [2.75, 3.05) is 18.6 Å². The summed E-state index contributed by atoms with van der Waals surface area (Å²) < 4.78 is 23.4. The topological polar surface area (TPSA) is 82.2 Å². The van der Waals surface area contributed by atoms with Crippen LogP contribution in [0, 0.1) is 11.7 Å². The Balaban J connectivity index is 1.60. The van der Waals surface area contributed by atoms with Gasteiger partial charge in [-0.15, -0.1) is 0 Å². The Morgan fingerprint density at radius 3 is 2.53 bits per heavy atom. The van der Waals surface area contributed by atoms with Gasteiger partial charge in [-0.2, -0.15) is 10.2 Å². The lowest BCUT2D eigenvalue weighted by Gasteiger charge is -2.18. The fourth-order valence-electron chi connectivity index (χ4n) is 4.09. The molecular weight excluding hydrogens is 437 g/mol. The van der Waals surface area contributed by atoms with E-state index in [1.54, 1.807) is 27.9 Å². The molecular formula is C25H22FN5O3. The van der Waals surface area contributed by atoms with Gasteiger partial charge in [0.2, 0.25) is 5.91 Å². The lowest BCUT2D eigenvalue weighted by atomic mass is 10.1. The fourth-order valence-corrected chi connectivity index (χ4v) is 4.09. The number of carbonyl (C=O) groups is 1. The SMILES string of the molecule is COc1cn(-c2ccc(N3CCC(C)C3=O)cc2F)nc(-c2ccnn2-c2ccccc2)c1=O. The van der Waals surface area contributed by atoms with E-state index in [9.17, 15) is 9.59 Å². The summed E-state index contributed by atoms with van der Waals surface area (Å²) in [6.07, 6.45) is 3.64. The number of halogens is 1. The number of aromatic nitrogens is 4. The minimum Gasteiger partial charge on any atom is -0.491 e. The summed E-state index contributed by atoms with van der Waals surface area (Å²) >= 11 is 0. The van der Waals surface area contributed by atoms with E-state index in [0.29, 0.717) is 17.9 Å². The Morgan fingerprint density at radius 2 is 1.85 bits per heavy atom. The van der Waals surface area contributed by atoms with Gasteiger partial charge in [0.25, 0.3) is 5.43 Å². The first-order chi connectivity index (χ1) is 16.5. The number of amides is 1. The average molecular weight is 459 g/mol. The zero-order chi connectivity index (χ0) is 23.8. The minimum atomic E-state index is -0.578. The van der Waals surface area contributed by atoms with Crippen molar-refractivity contribution in [3.8, 4) is 28.5 Å². The summed E-state index contributed by atoms with van der Waals surface area (Å²) in [6.45, 7) is 2.42. The molecule has 1 aliphatic rings. The smallest absolute Gasteiger partial charge is 0.251 e. The van der Waals surface area contributed by atoms with Gasteiger partial charge in [-0.1, -0.05) is 25.1 Å². The van der Waals surface area contributed by atoms with Gasteiger partial charge in [0.15, 0.2) is 17.3 Å². The predicted octanol–water partition coefficient (Wildman–Crippen LogP) is 3.61. The molecule has 1 atom stereocenters. The lowest BCUT2D eigenvalue weighted by molar-refractivity contribution is -0.119. The van der Waals surface area contributed by atoms with Gasteiger partial charge < -0.3 is 9.64 Å². The molecule has 4 aromatic rings. The molecule has 0 aliphatic carbocycles. The molecule has 8 nitrogen and oxygen atoms in total. The number of hydrogen-bond acceptors (Lipinski definition) is 5. The Labute approximate surface area is 194 Å². The van der Waals surface area contributed by atoms with Crippen LogP contribution in [0.1, 0.15) is 13.3 Å². The summed E-state index contributed by atoms with van der Waals surface area (Å²) in [4.78, 5) is 27.0. The minimum absolute atomic E-state index is 0.0119. The Bertz CT molecular complexity index is 1430. The van der Waals surface area contributed by atoms with Gasteiger partial charge in [0.1, 0.15) is 5.69 Å². The largest absolute Gasteiger partial charge is 0.491 e. The molecule has 0 N–H and O–H groups in total. The van der Waals surface area contributed by atoms with Gasteiger partial charge in [0.05, 0.1) is 30.9 Å². The van der Waals surface area contributed by atoms with Crippen LogP contribution in [0.2, 0.25) is 0 Å². The number of nitrogens with zero attached hydrogens (tertiary/aromatic N) is 5. The van der Waals surface area contributed by atoms with Gasteiger partial charge in [-0.3, -0.25) is 9.59 Å². The van der Waals surface area contributed by atoms with Crippen LogP contribution in [0.3, 0.4) is 0 Å². The van der Waals surface area contributed by atoms with E-state index >= 15 is 4.39 Å². The van der Waals surface area contributed by atoms with E-state index in [4.69, 9.17) is 4.74 Å². The van der Waals surface area contributed by atoms with Crippen molar-refractivity contribution in [3.63, 3.8) is 0 Å². The van der Waals surface area contributed by atoms with Crippen molar-refractivity contribution in [1.29, 1.82) is 0 Å². The van der Waals surface area contributed by atoms with Gasteiger partial charge in [-0.05, 0) is 42.8 Å². The van der Waals surface area contributed by atoms with E-state index in [0.717, 1.165) is 12.1 Å². The number of ether oxygens (including phenoxy) is 1. The fraction of sp³-hybridized carbons (Fsp3) is 0.200. The molecule has 1 saturated heterocycles. The van der Waals surface area contributed by atoms with Gasteiger partial charge in [0, 0.05) is 18.2 Å². The van der Waals surface area contributed by atoms with Crippen LogP contribution in [-0.4, -0.2) is 39.1 Å². The van der Waals surface area contributed by atoms with Gasteiger partial charge in [-0.25, -0.2) is 13.8 Å². The Hall–Kier alpha value is -4.27. The van der Waals surface area contributed by atoms with E-state index in [1.165, 1.54) is 30.1 Å². The normalized spacial score (nSPS) is 15.7. The van der Waals surface area contributed by atoms with Crippen LogP contribution >= 0.6 is 0 Å². The standard InChI is InChI=1S/C25H22FN5O3/c1-16-11-13-29(25(16)33)18-8-9-20(19(26)14-18)30-15-22(34-2)24(32)23(28-30)21-10-12-27-31(21)17-6-4-3-5-7-17/h3-10,12,14-16H,11,13H2,1-2H3. The van der Waals surface area contributed by atoms with E-state index in [-0.39, 0.29) is 29.0 Å². The Morgan fingerprint density at radius 1 is 1.06 bits per heavy atom. The monoisotopic (exact) mass is 459 g/mol. The summed E-state index contributed by atoms with van der Waals surface area (Å²) in [5.74, 6) is -0.667. The summed E-state index contributed by atoms with van der Waals surface area (Å²) in [7, 11) is 1.37. The van der Waals surface area contributed by atoms with E-state index in [1.807, 2.05) is 37.3 Å². The molecule has 0 spiro atoms. The number of benzene rings is 2. The van der Waals surface area contributed by atoms with E-state index in [2.05, 4.69) is 10.2 Å². The third-order valence-electron chi connectivity index (χ3n) is 5.96. The molecule has 172 valence electrons. The third-order valence-corrected chi connectivity index (χ3v) is 5.96. The van der Waals surface area contributed by atoms with Crippen LogP contribution in [0.4, 0.5) is 10.1 Å². The summed E-state index contributed by atoms with van der Waals surface area (Å²) in [6, 6.07) is 15.5. The highest BCUT2D eigenvalue weighted by atomic mass is 19.1. The first kappa shape index (κ1) is 21.6. The molecule has 34 heavy (non-hydrogen) atoms. The van der Waals surface area contributed by atoms with Crippen molar-refractivity contribution in [3.05, 3.63) is 83.0 Å². The number of carbonyl (C=O) groups excluding carboxylic acids is 1. The molecule has 2 aromatic heterocycles. The maximum atomic E-state index is 15.2. The highest BCUT2D eigenvalue weighted by molar-refractivity contribution is 5.97. The van der Waals surface area contributed by atoms with Crippen molar-refractivity contribution >= 4 is 11.6 Å². The van der Waals surface area contributed by atoms with Crippen LogP contribution in [0.5, 0.6) is 5.75 Å². The third kappa shape index (κ3) is 3.64. The van der Waals surface area contributed by atoms with E-state index < -0.39 is 11.2 Å². The molecule has 5 rings (SSSR count). The summed E-state index contributed by atoms with van der Waals surface area (Å²) in [5.41, 5.74) is 1.42. The maximum absolute atomic E-state index is 15.2. The molecule has 1 amide bonds. The second-order valence-corrected chi connectivity index (χ2v) is 8.10. The average Bonchev–Trinajstić information content (AvgIpc) is 3.47. The predicted molar refractivity (Wildman–Crippen MR) is 125 cm³/mol. The first-order valence-electron chi connectivity index (χ1n) is 10.9. The van der Waals surface area contributed by atoms with Crippen molar-refractivity contribution < 1.29 is 13.9 Å². The molecule has 3 heterocycles. The second-order valence-electron chi connectivity index (χ2n) is 8.10. The van der Waals surface area contributed by atoms with Crippen LogP contribution in [0.25, 0.3) is 22.8 Å². The zero-order valence-electron chi connectivity index (χ0n) is 18.7. The van der Waals surface area contributed by atoms with Crippen molar-refractivity contribution in [2.45, 2.75) is 13.3 Å². The number of methoxy groups -OCH3 is 1. The van der Waals surface area contributed by atoms with Crippen molar-refractivity contribution in [2.24, 2.45) is 5.92 Å². The number of rotatable bonds is 5. The highest BCUT2D eigenvalue weighted by Crippen LogP contribution is 2.28. The van der Waals surface area contributed by atoms with Crippen LogP contribution in [0.15, 0.2) is 71.8 Å². The van der Waals surface area contributed by atoms with Crippen molar-refractivity contribution in [1.82, 2.24) is 19.6 Å². The van der Waals surface area contributed by atoms with Crippen LogP contribution < -0.4 is 15.1 Å². The zero-order valence-corrected chi connectivity index (χ0v) is 18.7. The molecule has 1 unspecified atom stereocenters. The molecule has 9 heteroatoms. The molecule has 1 fully saturated rings. The molecule has 1 aliphatic heterocycles. The first-order valence-corrected chi connectivity index (χ1v) is 10.9. The molecule has 0 bridgehead atoms. The van der Waals surface area contributed by atoms with Gasteiger partial charge >= 0.3 is 0 Å².